The highest BCUT2D eigenvalue weighted by atomic mass is 35.5. The highest BCUT2D eigenvalue weighted by molar-refractivity contribution is 6.64. The summed E-state index contributed by atoms with van der Waals surface area (Å²) in [6.45, 7) is 6.55. The van der Waals surface area contributed by atoms with Gasteiger partial charge in [0.1, 0.15) is 5.75 Å². The standard InChI is InChI=1S/C22H35ClO2/c1-4-7-10-12-18-15-16-20(19(17-18)13-11-8-5-2)25-21(22(23)24)14-9-6-3/h15-17,21H,4-14H2,1-3H3. The lowest BCUT2D eigenvalue weighted by molar-refractivity contribution is -0.118. The molecule has 0 bridgehead atoms. The van der Waals surface area contributed by atoms with Crippen molar-refractivity contribution in [2.24, 2.45) is 0 Å². The molecule has 0 radical (unpaired) electrons. The summed E-state index contributed by atoms with van der Waals surface area (Å²) in [5.74, 6) is 0.838. The van der Waals surface area contributed by atoms with E-state index in [9.17, 15) is 4.79 Å². The first kappa shape index (κ1) is 22.0. The maximum Gasteiger partial charge on any atom is 0.262 e. The van der Waals surface area contributed by atoms with Gasteiger partial charge in [0.25, 0.3) is 5.24 Å². The fourth-order valence-electron chi connectivity index (χ4n) is 3.00. The van der Waals surface area contributed by atoms with Crippen LogP contribution in [0.1, 0.15) is 89.7 Å². The van der Waals surface area contributed by atoms with Crippen LogP contribution >= 0.6 is 11.6 Å². The van der Waals surface area contributed by atoms with Crippen LogP contribution in [0.15, 0.2) is 18.2 Å². The molecule has 25 heavy (non-hydrogen) atoms. The maximum atomic E-state index is 11.7. The second-order valence-electron chi connectivity index (χ2n) is 6.91. The molecule has 0 spiro atoms. The summed E-state index contributed by atoms with van der Waals surface area (Å²) in [6.07, 6.45) is 11.5. The summed E-state index contributed by atoms with van der Waals surface area (Å²) in [5, 5.41) is -0.389. The van der Waals surface area contributed by atoms with Gasteiger partial charge in [0.15, 0.2) is 6.10 Å². The lowest BCUT2D eigenvalue weighted by Gasteiger charge is -2.19. The third kappa shape index (κ3) is 8.76. The van der Waals surface area contributed by atoms with Crippen molar-refractivity contribution in [3.8, 4) is 5.75 Å². The summed E-state index contributed by atoms with van der Waals surface area (Å²) in [6, 6.07) is 6.46. The molecule has 0 saturated carbocycles. The molecule has 0 amide bonds. The van der Waals surface area contributed by atoms with E-state index in [1.165, 1.54) is 43.2 Å². The van der Waals surface area contributed by atoms with Crippen molar-refractivity contribution in [2.45, 2.75) is 97.5 Å². The Kier molecular flexibility index (Phi) is 11.6. The second kappa shape index (κ2) is 13.2. The third-order valence-corrected chi connectivity index (χ3v) is 4.83. The second-order valence-corrected chi connectivity index (χ2v) is 7.28. The zero-order valence-corrected chi connectivity index (χ0v) is 17.0. The Bertz CT molecular complexity index is 499. The molecule has 0 fully saturated rings. The molecule has 0 aromatic heterocycles. The van der Waals surface area contributed by atoms with Crippen LogP contribution in [-0.4, -0.2) is 11.3 Å². The number of hydrogen-bond acceptors (Lipinski definition) is 2. The topological polar surface area (TPSA) is 26.3 Å². The van der Waals surface area contributed by atoms with Gasteiger partial charge in [-0.25, -0.2) is 0 Å². The summed E-state index contributed by atoms with van der Waals surface area (Å²) >= 11 is 5.76. The molecule has 1 aromatic rings. The number of carbonyl (C=O) groups is 1. The molecule has 2 nitrogen and oxygen atoms in total. The van der Waals surface area contributed by atoms with Gasteiger partial charge in [0, 0.05) is 0 Å². The van der Waals surface area contributed by atoms with E-state index in [4.69, 9.17) is 16.3 Å². The first-order chi connectivity index (χ1) is 12.1. The SMILES string of the molecule is CCCCCc1ccc(OC(CCCC)C(=O)Cl)c(CCCCC)c1. The van der Waals surface area contributed by atoms with E-state index in [1.54, 1.807) is 0 Å². The van der Waals surface area contributed by atoms with E-state index in [0.717, 1.165) is 37.9 Å². The summed E-state index contributed by atoms with van der Waals surface area (Å²) in [4.78, 5) is 11.7. The van der Waals surface area contributed by atoms with E-state index in [0.29, 0.717) is 6.42 Å². The van der Waals surface area contributed by atoms with Gasteiger partial charge in [-0.2, -0.15) is 0 Å². The van der Waals surface area contributed by atoms with Crippen molar-refractivity contribution < 1.29 is 9.53 Å². The minimum Gasteiger partial charge on any atom is -0.481 e. The zero-order chi connectivity index (χ0) is 18.5. The predicted molar refractivity (Wildman–Crippen MR) is 108 cm³/mol. The fourth-order valence-corrected chi connectivity index (χ4v) is 3.16. The van der Waals surface area contributed by atoms with Crippen LogP contribution in [-0.2, 0) is 17.6 Å². The molecule has 0 aliphatic carbocycles. The monoisotopic (exact) mass is 366 g/mol. The van der Waals surface area contributed by atoms with E-state index < -0.39 is 6.10 Å². The molecule has 0 N–H and O–H groups in total. The van der Waals surface area contributed by atoms with Crippen LogP contribution in [0.4, 0.5) is 0 Å². The number of ether oxygens (including phenoxy) is 1. The molecule has 142 valence electrons. The van der Waals surface area contributed by atoms with Crippen LogP contribution in [0.3, 0.4) is 0 Å². The number of carbonyl (C=O) groups excluding carboxylic acids is 1. The highest BCUT2D eigenvalue weighted by Gasteiger charge is 2.19. The lowest BCUT2D eigenvalue weighted by Crippen LogP contribution is -2.24. The third-order valence-electron chi connectivity index (χ3n) is 4.59. The first-order valence-electron chi connectivity index (χ1n) is 10.1. The van der Waals surface area contributed by atoms with Gasteiger partial charge in [0.2, 0.25) is 0 Å². The summed E-state index contributed by atoms with van der Waals surface area (Å²) in [5.41, 5.74) is 2.59. The maximum absolute atomic E-state index is 11.7. The van der Waals surface area contributed by atoms with Crippen molar-refractivity contribution in [3.63, 3.8) is 0 Å². The van der Waals surface area contributed by atoms with Gasteiger partial charge in [0.05, 0.1) is 0 Å². The molecule has 1 atom stereocenters. The largest absolute Gasteiger partial charge is 0.481 e. The molecular weight excluding hydrogens is 332 g/mol. The van der Waals surface area contributed by atoms with E-state index in [2.05, 4.69) is 32.9 Å². The van der Waals surface area contributed by atoms with E-state index >= 15 is 0 Å². The normalized spacial score (nSPS) is 12.2. The van der Waals surface area contributed by atoms with Crippen molar-refractivity contribution >= 4 is 16.8 Å². The number of benzene rings is 1. The Morgan fingerprint density at radius 3 is 2.20 bits per heavy atom. The molecule has 0 heterocycles. The Labute approximate surface area is 159 Å². The van der Waals surface area contributed by atoms with Gasteiger partial charge < -0.3 is 4.74 Å². The van der Waals surface area contributed by atoms with Crippen LogP contribution < -0.4 is 4.74 Å². The number of aryl methyl sites for hydroxylation is 2. The van der Waals surface area contributed by atoms with Gasteiger partial charge in [-0.1, -0.05) is 65.0 Å². The molecule has 1 aromatic carbocycles. The van der Waals surface area contributed by atoms with Gasteiger partial charge in [-0.3, -0.25) is 4.79 Å². The Morgan fingerprint density at radius 1 is 0.960 bits per heavy atom. The van der Waals surface area contributed by atoms with E-state index in [-0.39, 0.29) is 5.24 Å². The van der Waals surface area contributed by atoms with Crippen LogP contribution in [0.25, 0.3) is 0 Å². The lowest BCUT2D eigenvalue weighted by atomic mass is 10.00. The molecule has 1 rings (SSSR count). The minimum absolute atomic E-state index is 0.389. The number of unbranched alkanes of at least 4 members (excludes halogenated alkanes) is 5. The predicted octanol–water partition coefficient (Wildman–Crippen LogP) is 6.86. The summed E-state index contributed by atoms with van der Waals surface area (Å²) in [7, 11) is 0. The Balaban J connectivity index is 2.87. The minimum atomic E-state index is -0.530. The van der Waals surface area contributed by atoms with Gasteiger partial charge in [-0.05, 0) is 67.3 Å². The average Bonchev–Trinajstić information content (AvgIpc) is 2.60. The van der Waals surface area contributed by atoms with Crippen LogP contribution in [0.5, 0.6) is 5.75 Å². The van der Waals surface area contributed by atoms with Crippen molar-refractivity contribution in [3.05, 3.63) is 29.3 Å². The Hall–Kier alpha value is -1.02. The fraction of sp³-hybridized carbons (Fsp3) is 0.682. The first-order valence-corrected chi connectivity index (χ1v) is 10.5. The molecule has 1 unspecified atom stereocenters. The van der Waals surface area contributed by atoms with Crippen molar-refractivity contribution in [1.29, 1.82) is 0 Å². The molecular formula is C22H35ClO2. The van der Waals surface area contributed by atoms with Crippen molar-refractivity contribution in [2.75, 3.05) is 0 Å². The number of rotatable bonds is 14. The van der Waals surface area contributed by atoms with Crippen LogP contribution in [0.2, 0.25) is 0 Å². The smallest absolute Gasteiger partial charge is 0.262 e. The van der Waals surface area contributed by atoms with Crippen molar-refractivity contribution in [1.82, 2.24) is 0 Å². The molecule has 0 aliphatic heterocycles. The summed E-state index contributed by atoms with van der Waals surface area (Å²) < 4.78 is 6.04. The highest BCUT2D eigenvalue weighted by Crippen LogP contribution is 2.26. The van der Waals surface area contributed by atoms with Crippen LogP contribution in [0, 0.1) is 0 Å². The number of halogens is 1. The Morgan fingerprint density at radius 2 is 1.60 bits per heavy atom. The van der Waals surface area contributed by atoms with Gasteiger partial charge in [-0.15, -0.1) is 0 Å². The quantitative estimate of drug-likeness (QED) is 0.265. The number of hydrogen-bond donors (Lipinski definition) is 0. The van der Waals surface area contributed by atoms with Gasteiger partial charge >= 0.3 is 0 Å². The zero-order valence-electron chi connectivity index (χ0n) is 16.3. The van der Waals surface area contributed by atoms with E-state index in [1.807, 2.05) is 6.07 Å². The molecule has 3 heteroatoms. The average molecular weight is 367 g/mol. The molecule has 0 aliphatic rings. The molecule has 0 saturated heterocycles.